The summed E-state index contributed by atoms with van der Waals surface area (Å²) in [5.41, 5.74) is 3.31. The number of thiocarbonyl (C=S) groups is 1. The molecule has 6 heteroatoms. The molecule has 1 saturated heterocycles. The monoisotopic (exact) mass is 436 g/mol. The first-order valence-electron chi connectivity index (χ1n) is 10.7. The van der Waals surface area contributed by atoms with Gasteiger partial charge >= 0.3 is 0 Å². The van der Waals surface area contributed by atoms with Gasteiger partial charge in [-0.05, 0) is 73.6 Å². The largest absolute Gasteiger partial charge is 0.351 e. The minimum Gasteiger partial charge on any atom is -0.351 e. The lowest BCUT2D eigenvalue weighted by molar-refractivity contribution is 0.340. The highest BCUT2D eigenvalue weighted by atomic mass is 35.5. The van der Waals surface area contributed by atoms with E-state index < -0.39 is 0 Å². The van der Waals surface area contributed by atoms with Crippen LogP contribution in [0.1, 0.15) is 61.6 Å². The van der Waals surface area contributed by atoms with E-state index in [1.165, 1.54) is 37.8 Å². The Morgan fingerprint density at radius 2 is 1.77 bits per heavy atom. The van der Waals surface area contributed by atoms with Gasteiger partial charge in [-0.2, -0.15) is 0 Å². The highest BCUT2D eigenvalue weighted by molar-refractivity contribution is 7.80. The Bertz CT molecular complexity index is 1010. The van der Waals surface area contributed by atoms with Crippen molar-refractivity contribution in [2.75, 3.05) is 4.90 Å². The van der Waals surface area contributed by atoms with Crippen LogP contribution >= 0.6 is 23.8 Å². The van der Waals surface area contributed by atoms with Gasteiger partial charge in [0.05, 0.1) is 11.7 Å². The van der Waals surface area contributed by atoms with Gasteiger partial charge in [0, 0.05) is 34.8 Å². The zero-order valence-electron chi connectivity index (χ0n) is 16.7. The lowest BCUT2D eigenvalue weighted by Crippen LogP contribution is -2.31. The van der Waals surface area contributed by atoms with Crippen molar-refractivity contribution in [3.63, 3.8) is 0 Å². The van der Waals surface area contributed by atoms with Crippen LogP contribution in [0.25, 0.3) is 0 Å². The highest BCUT2D eigenvalue weighted by Crippen LogP contribution is 2.43. The number of nitrogens with one attached hydrogen (secondary N) is 1. The van der Waals surface area contributed by atoms with E-state index in [9.17, 15) is 0 Å². The number of halogens is 1. The van der Waals surface area contributed by atoms with Crippen LogP contribution in [-0.4, -0.2) is 14.7 Å². The lowest BCUT2D eigenvalue weighted by Gasteiger charge is -2.32. The molecule has 0 bridgehead atoms. The minimum absolute atomic E-state index is 0.0190. The van der Waals surface area contributed by atoms with E-state index in [0.29, 0.717) is 6.04 Å². The molecule has 0 radical (unpaired) electrons. The van der Waals surface area contributed by atoms with Gasteiger partial charge in [0.1, 0.15) is 6.04 Å². The van der Waals surface area contributed by atoms with Crippen molar-refractivity contribution in [2.45, 2.75) is 50.2 Å². The molecule has 2 fully saturated rings. The van der Waals surface area contributed by atoms with E-state index in [1.807, 2.05) is 42.6 Å². The zero-order valence-corrected chi connectivity index (χ0v) is 18.3. The Labute approximate surface area is 187 Å². The molecule has 3 aromatic rings. The molecular weight excluding hydrogens is 412 g/mol. The fourth-order valence-electron chi connectivity index (χ4n) is 4.88. The Hall–Kier alpha value is -2.37. The molecule has 1 saturated carbocycles. The van der Waals surface area contributed by atoms with Gasteiger partial charge in [-0.1, -0.05) is 36.9 Å². The summed E-state index contributed by atoms with van der Waals surface area (Å²) in [6.07, 6.45) is 10.5. The zero-order chi connectivity index (χ0) is 20.5. The molecule has 1 aromatic carbocycles. The maximum atomic E-state index is 6.16. The molecule has 3 heterocycles. The quantitative estimate of drug-likeness (QED) is 0.492. The summed E-state index contributed by atoms with van der Waals surface area (Å²) in [5.74, 6) is 0. The van der Waals surface area contributed by atoms with Crippen molar-refractivity contribution in [3.8, 4) is 0 Å². The summed E-state index contributed by atoms with van der Waals surface area (Å²) in [4.78, 5) is 6.88. The molecule has 1 aliphatic carbocycles. The topological polar surface area (TPSA) is 33.1 Å². The van der Waals surface area contributed by atoms with Crippen LogP contribution < -0.4 is 10.2 Å². The van der Waals surface area contributed by atoms with E-state index in [1.54, 1.807) is 0 Å². The molecule has 1 N–H and O–H groups in total. The van der Waals surface area contributed by atoms with Crippen molar-refractivity contribution < 1.29 is 0 Å². The van der Waals surface area contributed by atoms with Crippen LogP contribution in [0.3, 0.4) is 0 Å². The number of pyridine rings is 1. The van der Waals surface area contributed by atoms with E-state index in [0.717, 1.165) is 21.5 Å². The summed E-state index contributed by atoms with van der Waals surface area (Å²) in [5, 5.41) is 4.99. The molecule has 1 aliphatic heterocycles. The number of benzene rings is 1. The first-order valence-corrected chi connectivity index (χ1v) is 11.4. The van der Waals surface area contributed by atoms with Crippen molar-refractivity contribution >= 4 is 34.6 Å². The van der Waals surface area contributed by atoms with Gasteiger partial charge in [0.25, 0.3) is 0 Å². The third-order valence-electron chi connectivity index (χ3n) is 6.29. The number of hydrogen-bond donors (Lipinski definition) is 1. The van der Waals surface area contributed by atoms with Crippen LogP contribution in [0.5, 0.6) is 0 Å². The summed E-state index contributed by atoms with van der Waals surface area (Å²) < 4.78 is 2.48. The average molecular weight is 437 g/mol. The second-order valence-electron chi connectivity index (χ2n) is 8.11. The van der Waals surface area contributed by atoms with Gasteiger partial charge in [0.2, 0.25) is 0 Å². The second-order valence-corrected chi connectivity index (χ2v) is 8.93. The van der Waals surface area contributed by atoms with E-state index >= 15 is 0 Å². The Kier molecular flexibility index (Phi) is 5.48. The van der Waals surface area contributed by atoms with Crippen molar-refractivity contribution in [1.29, 1.82) is 0 Å². The molecule has 2 aliphatic rings. The fraction of sp³-hybridized carbons (Fsp3) is 0.333. The van der Waals surface area contributed by atoms with Crippen molar-refractivity contribution in [3.05, 3.63) is 83.4 Å². The third kappa shape index (κ3) is 3.61. The summed E-state index contributed by atoms with van der Waals surface area (Å²) in [6.45, 7) is 0. The van der Waals surface area contributed by atoms with Crippen LogP contribution in [0.4, 0.5) is 5.69 Å². The number of anilines is 1. The number of aromatic nitrogens is 2. The van der Waals surface area contributed by atoms with Crippen LogP contribution in [0.15, 0.2) is 67.0 Å². The molecule has 2 aromatic heterocycles. The Balaban J connectivity index is 1.61. The van der Waals surface area contributed by atoms with Gasteiger partial charge in [0.15, 0.2) is 5.11 Å². The molecule has 154 valence electrons. The second kappa shape index (κ2) is 8.40. The normalized spacial score (nSPS) is 22.3. The summed E-state index contributed by atoms with van der Waals surface area (Å²) in [7, 11) is 0. The average Bonchev–Trinajstić information content (AvgIpc) is 3.40. The van der Waals surface area contributed by atoms with Crippen LogP contribution in [0, 0.1) is 0 Å². The standard InChI is InChI=1S/C24H25ClN4S/c25-17-11-13-19(14-12-17)29-23(22(27-24(29)30)20-9-4-5-15-26-20)21-10-6-16-28(21)18-7-2-1-3-8-18/h4-6,9-16,18,22-23H,1-3,7-8H2,(H,27,30)/t22-,23-/m0/s1. The maximum absolute atomic E-state index is 6.16. The molecule has 2 atom stereocenters. The molecule has 5 rings (SSSR count). The lowest BCUT2D eigenvalue weighted by atomic mass is 9.94. The van der Waals surface area contributed by atoms with Gasteiger partial charge < -0.3 is 14.8 Å². The van der Waals surface area contributed by atoms with Crippen LogP contribution in [0.2, 0.25) is 5.02 Å². The summed E-state index contributed by atoms with van der Waals surface area (Å²) in [6, 6.07) is 18.9. The Morgan fingerprint density at radius 1 is 0.967 bits per heavy atom. The minimum atomic E-state index is -0.0216. The van der Waals surface area contributed by atoms with Gasteiger partial charge in [-0.3, -0.25) is 4.98 Å². The van der Waals surface area contributed by atoms with Gasteiger partial charge in [-0.25, -0.2) is 0 Å². The summed E-state index contributed by atoms with van der Waals surface area (Å²) >= 11 is 12.0. The van der Waals surface area contributed by atoms with Crippen molar-refractivity contribution in [2.24, 2.45) is 0 Å². The number of rotatable bonds is 4. The van der Waals surface area contributed by atoms with E-state index in [-0.39, 0.29) is 12.1 Å². The third-order valence-corrected chi connectivity index (χ3v) is 6.85. The van der Waals surface area contributed by atoms with E-state index in [4.69, 9.17) is 23.8 Å². The first kappa shape index (κ1) is 19.6. The van der Waals surface area contributed by atoms with Crippen LogP contribution in [-0.2, 0) is 0 Å². The number of nitrogens with zero attached hydrogens (tertiary/aromatic N) is 3. The molecule has 0 unspecified atom stereocenters. The molecule has 4 nitrogen and oxygen atoms in total. The highest BCUT2D eigenvalue weighted by Gasteiger charge is 2.42. The SMILES string of the molecule is S=C1N[C@@H](c2ccccn2)[C@H](c2cccn2C2CCCCC2)N1c1ccc(Cl)cc1. The molecular formula is C24H25ClN4S. The van der Waals surface area contributed by atoms with E-state index in [2.05, 4.69) is 44.2 Å². The molecule has 0 spiro atoms. The Morgan fingerprint density at radius 3 is 2.50 bits per heavy atom. The predicted molar refractivity (Wildman–Crippen MR) is 126 cm³/mol. The van der Waals surface area contributed by atoms with Gasteiger partial charge in [-0.15, -0.1) is 0 Å². The van der Waals surface area contributed by atoms with Crippen molar-refractivity contribution in [1.82, 2.24) is 14.9 Å². The maximum Gasteiger partial charge on any atom is 0.174 e. The predicted octanol–water partition coefficient (Wildman–Crippen LogP) is 6.22. The number of hydrogen-bond acceptors (Lipinski definition) is 2. The first-order chi connectivity index (χ1) is 14.7. The smallest absolute Gasteiger partial charge is 0.174 e. The molecule has 30 heavy (non-hydrogen) atoms. The fourth-order valence-corrected chi connectivity index (χ4v) is 5.36. The molecule has 0 amide bonds.